The number of fused-ring (bicyclic) bond motifs is 1. The number of aromatic nitrogens is 2. The highest BCUT2D eigenvalue weighted by Crippen LogP contribution is 2.39. The molecule has 0 radical (unpaired) electrons. The molecule has 212 valence electrons. The lowest BCUT2D eigenvalue weighted by molar-refractivity contribution is -0.138. The molecule has 3 aromatic rings. The van der Waals surface area contributed by atoms with Gasteiger partial charge in [-0.1, -0.05) is 0 Å². The lowest BCUT2D eigenvalue weighted by Crippen LogP contribution is -2.50. The molecule has 0 amide bonds. The van der Waals surface area contributed by atoms with Gasteiger partial charge in [-0.15, -0.1) is 0 Å². The molecule has 2 atom stereocenters. The van der Waals surface area contributed by atoms with Crippen LogP contribution in [0.2, 0.25) is 0 Å². The number of nitrogens with zero attached hydrogens (tertiary/aromatic N) is 3. The van der Waals surface area contributed by atoms with Crippen molar-refractivity contribution in [2.75, 3.05) is 52.1 Å². The maximum Gasteiger partial charge on any atom is 0.416 e. The molecule has 0 spiro atoms. The predicted molar refractivity (Wildman–Crippen MR) is 145 cm³/mol. The van der Waals surface area contributed by atoms with Gasteiger partial charge in [0.1, 0.15) is 18.2 Å². The molecule has 1 aliphatic heterocycles. The Labute approximate surface area is 226 Å². The number of ether oxygens (including phenoxy) is 3. The molecule has 1 aromatic heterocycles. The zero-order valence-electron chi connectivity index (χ0n) is 23.2. The van der Waals surface area contributed by atoms with E-state index in [9.17, 15) is 13.2 Å². The van der Waals surface area contributed by atoms with Crippen LogP contribution in [0, 0.1) is 13.8 Å². The van der Waals surface area contributed by atoms with Gasteiger partial charge in [0.15, 0.2) is 11.5 Å². The van der Waals surface area contributed by atoms with Gasteiger partial charge in [-0.05, 0) is 76.5 Å². The van der Waals surface area contributed by atoms with Gasteiger partial charge in [-0.25, -0.2) is 9.97 Å². The van der Waals surface area contributed by atoms with Crippen molar-refractivity contribution in [1.82, 2.24) is 14.9 Å². The molecule has 11 heteroatoms. The highest BCUT2D eigenvalue weighted by Gasteiger charge is 2.40. The topological polar surface area (TPSA) is 94.8 Å². The zero-order chi connectivity index (χ0) is 28.5. The number of hydrogen-bond donors (Lipinski definition) is 2. The van der Waals surface area contributed by atoms with Gasteiger partial charge in [0.05, 0.1) is 36.4 Å². The number of benzene rings is 2. The molecule has 0 bridgehead atoms. The quantitative estimate of drug-likeness (QED) is 0.338. The van der Waals surface area contributed by atoms with Crippen LogP contribution < -0.4 is 20.5 Å². The lowest BCUT2D eigenvalue weighted by Gasteiger charge is -2.35. The number of aryl methyl sites for hydroxylation is 1. The molecule has 0 aliphatic carbocycles. The van der Waals surface area contributed by atoms with Gasteiger partial charge in [0, 0.05) is 24.2 Å². The molecule has 39 heavy (non-hydrogen) atoms. The minimum absolute atomic E-state index is 0.0441. The van der Waals surface area contributed by atoms with Gasteiger partial charge >= 0.3 is 6.18 Å². The molecule has 1 fully saturated rings. The molecule has 8 nitrogen and oxygen atoms in total. The van der Waals surface area contributed by atoms with Crippen LogP contribution in [0.25, 0.3) is 10.9 Å². The van der Waals surface area contributed by atoms with Crippen molar-refractivity contribution in [3.63, 3.8) is 0 Å². The zero-order valence-corrected chi connectivity index (χ0v) is 23.2. The first kappa shape index (κ1) is 28.7. The van der Waals surface area contributed by atoms with E-state index >= 15 is 0 Å². The van der Waals surface area contributed by atoms with Crippen molar-refractivity contribution in [3.8, 4) is 11.5 Å². The van der Waals surface area contributed by atoms with E-state index in [-0.39, 0.29) is 16.8 Å². The summed E-state index contributed by atoms with van der Waals surface area (Å²) in [7, 11) is 5.31. The summed E-state index contributed by atoms with van der Waals surface area (Å²) < 4.78 is 58.4. The first-order chi connectivity index (χ1) is 18.4. The van der Waals surface area contributed by atoms with Crippen LogP contribution in [-0.2, 0) is 10.9 Å². The molecule has 0 saturated carbocycles. The standard InChI is InChI=1S/C28H36F3N5O3/c1-16-20(10-19(32)11-22(16)28(29,30)31)17(2)33-26-21-12-25(24(38-6)13-23(21)34-18(3)35-26)39-15-27(14-37-5)8-7-9-36(27)4/h10-13,17H,7-9,14-15,32H2,1-6H3,(H,33,34,35)/t17-,27-/m1/s1. The second kappa shape index (κ2) is 11.1. The normalized spacial score (nSPS) is 18.9. The third-order valence-corrected chi connectivity index (χ3v) is 7.54. The number of alkyl halides is 3. The number of rotatable bonds is 9. The molecule has 3 N–H and O–H groups in total. The number of halogens is 3. The van der Waals surface area contributed by atoms with Crippen LogP contribution in [0.3, 0.4) is 0 Å². The first-order valence-corrected chi connectivity index (χ1v) is 12.8. The average Bonchev–Trinajstić information content (AvgIpc) is 3.22. The fourth-order valence-corrected chi connectivity index (χ4v) is 5.38. The number of nitrogens with two attached hydrogens (primary N) is 1. The van der Waals surface area contributed by atoms with Crippen LogP contribution in [0.1, 0.15) is 48.3 Å². The Balaban J connectivity index is 1.71. The van der Waals surface area contributed by atoms with E-state index in [0.717, 1.165) is 25.5 Å². The molecule has 2 heterocycles. The summed E-state index contributed by atoms with van der Waals surface area (Å²) in [4.78, 5) is 11.4. The van der Waals surface area contributed by atoms with Gasteiger partial charge in [-0.2, -0.15) is 13.2 Å². The first-order valence-electron chi connectivity index (χ1n) is 12.8. The van der Waals surface area contributed by atoms with Crippen LogP contribution in [0.5, 0.6) is 11.5 Å². The monoisotopic (exact) mass is 547 g/mol. The van der Waals surface area contributed by atoms with Gasteiger partial charge in [-0.3, -0.25) is 4.90 Å². The SMILES string of the molecule is COC[C@@]1(COc2cc3c(N[C@H](C)c4cc(N)cc(C(F)(F)F)c4C)nc(C)nc3cc2OC)CCCN1C. The van der Waals surface area contributed by atoms with Gasteiger partial charge in [0.25, 0.3) is 0 Å². The van der Waals surface area contributed by atoms with Crippen LogP contribution in [-0.4, -0.2) is 61.4 Å². The van der Waals surface area contributed by atoms with E-state index in [1.165, 1.54) is 6.92 Å². The fraction of sp³-hybridized carbons (Fsp3) is 0.500. The van der Waals surface area contributed by atoms with E-state index in [1.807, 2.05) is 6.07 Å². The number of likely N-dealkylation sites (tertiary alicyclic amines) is 1. The summed E-state index contributed by atoms with van der Waals surface area (Å²) in [6, 6.07) is 5.58. The Morgan fingerprint density at radius 3 is 2.46 bits per heavy atom. The van der Waals surface area contributed by atoms with E-state index in [1.54, 1.807) is 40.2 Å². The van der Waals surface area contributed by atoms with Crippen LogP contribution in [0.4, 0.5) is 24.7 Å². The smallest absolute Gasteiger partial charge is 0.416 e. The van der Waals surface area contributed by atoms with Gasteiger partial charge in [0.2, 0.25) is 0 Å². The average molecular weight is 548 g/mol. The summed E-state index contributed by atoms with van der Waals surface area (Å²) in [6.45, 7) is 6.87. The van der Waals surface area contributed by atoms with Crippen molar-refractivity contribution < 1.29 is 27.4 Å². The maximum absolute atomic E-state index is 13.6. The van der Waals surface area contributed by atoms with E-state index in [0.29, 0.717) is 52.8 Å². The fourth-order valence-electron chi connectivity index (χ4n) is 5.38. The van der Waals surface area contributed by atoms with Crippen molar-refractivity contribution in [2.45, 2.75) is 51.4 Å². The maximum atomic E-state index is 13.6. The molecule has 1 aliphatic rings. The summed E-state index contributed by atoms with van der Waals surface area (Å²) in [5, 5.41) is 3.94. The molecular formula is C28H36F3N5O3. The molecule has 0 unspecified atom stereocenters. The molecule has 4 rings (SSSR count). The number of hydrogen-bond acceptors (Lipinski definition) is 8. The van der Waals surface area contributed by atoms with E-state index in [2.05, 4.69) is 27.2 Å². The predicted octanol–water partition coefficient (Wildman–Crippen LogP) is 5.52. The third kappa shape index (κ3) is 5.84. The Bertz CT molecular complexity index is 1350. The molecule has 1 saturated heterocycles. The second-order valence-corrected chi connectivity index (χ2v) is 10.3. The molecule has 2 aromatic carbocycles. The number of nitrogens with one attached hydrogen (secondary N) is 1. The van der Waals surface area contributed by atoms with Crippen molar-refractivity contribution >= 4 is 22.4 Å². The minimum atomic E-state index is -4.51. The Morgan fingerprint density at radius 2 is 1.85 bits per heavy atom. The van der Waals surface area contributed by atoms with E-state index in [4.69, 9.17) is 19.9 Å². The highest BCUT2D eigenvalue weighted by molar-refractivity contribution is 5.92. The largest absolute Gasteiger partial charge is 0.493 e. The third-order valence-electron chi connectivity index (χ3n) is 7.54. The van der Waals surface area contributed by atoms with Crippen molar-refractivity contribution in [2.24, 2.45) is 0 Å². The molecular weight excluding hydrogens is 511 g/mol. The summed E-state index contributed by atoms with van der Waals surface area (Å²) >= 11 is 0. The summed E-state index contributed by atoms with van der Waals surface area (Å²) in [6.07, 6.45) is -2.52. The van der Waals surface area contributed by atoms with E-state index < -0.39 is 17.8 Å². The highest BCUT2D eigenvalue weighted by atomic mass is 19.4. The minimum Gasteiger partial charge on any atom is -0.493 e. The number of likely N-dealkylation sites (N-methyl/N-ethyl adjacent to an activating group) is 1. The number of anilines is 2. The Kier molecular flexibility index (Phi) is 8.13. The van der Waals surface area contributed by atoms with Gasteiger partial charge < -0.3 is 25.3 Å². The van der Waals surface area contributed by atoms with Crippen LogP contribution in [0.15, 0.2) is 24.3 Å². The lowest BCUT2D eigenvalue weighted by atomic mass is 9.96. The Morgan fingerprint density at radius 1 is 1.10 bits per heavy atom. The number of nitrogen functional groups attached to an aromatic ring is 1. The second-order valence-electron chi connectivity index (χ2n) is 10.3. The summed E-state index contributed by atoms with van der Waals surface area (Å²) in [5.74, 6) is 2.01. The van der Waals surface area contributed by atoms with Crippen molar-refractivity contribution in [1.29, 1.82) is 0 Å². The van der Waals surface area contributed by atoms with Crippen molar-refractivity contribution in [3.05, 3.63) is 46.8 Å². The Hall–Kier alpha value is -3.31. The van der Waals surface area contributed by atoms with Crippen LogP contribution >= 0.6 is 0 Å². The summed E-state index contributed by atoms with van der Waals surface area (Å²) in [5.41, 5.74) is 6.05. The number of methoxy groups -OCH3 is 2.